The summed E-state index contributed by atoms with van der Waals surface area (Å²) >= 11 is 0. The van der Waals surface area contributed by atoms with E-state index in [0.29, 0.717) is 28.7 Å². The SMILES string of the molecule is CP(C)(N[P+](N[P+](N)(Oc1ccccc1)Oc1ccccc1)(Oc1ccccc1)Oc1cc(O)cc(O)c1)(Oc1ccccc1)Oc1ccccc1. The minimum absolute atomic E-state index is 0.0191. The molecule has 0 heterocycles. The van der Waals surface area contributed by atoms with Crippen LogP contribution in [0, 0.1) is 0 Å². The molecule has 11 nitrogen and oxygen atoms in total. The van der Waals surface area contributed by atoms with Gasteiger partial charge in [-0.25, -0.2) is 0 Å². The summed E-state index contributed by atoms with van der Waals surface area (Å²) in [4.78, 5) is 6.89. The third-order valence-corrected chi connectivity index (χ3v) is 15.8. The van der Waals surface area contributed by atoms with E-state index in [1.54, 1.807) is 110 Å². The second-order valence-corrected chi connectivity index (χ2v) is 20.8. The third-order valence-electron chi connectivity index (χ3n) is 6.97. The molecule has 0 saturated heterocycles. The standard InChI is InChI=1S/C38H38N3O8P3/c1-52(2,48-36-24-14-6-15-25-36,49-37-26-16-7-17-27-37)41-51(46-35-22-12-5-13-23-35,47-38-29-31(42)28-32(43)30-38)40-50(39,44-33-18-8-3-9-19-33)45-34-20-10-4-11-21-34/h3-30,40-41H,39H2,1-2H3/p+2. The Labute approximate surface area is 304 Å². The Bertz CT molecular complexity index is 1930. The maximum atomic E-state index is 10.6. The molecular formula is C38H40N3O8P3+2. The Balaban J connectivity index is 1.56. The molecule has 0 amide bonds. The van der Waals surface area contributed by atoms with E-state index < -0.39 is 23.2 Å². The normalized spacial score (nSPS) is 13.4. The van der Waals surface area contributed by atoms with Gasteiger partial charge in [0, 0.05) is 0 Å². The molecule has 6 aromatic carbocycles. The molecule has 1 unspecified atom stereocenters. The fraction of sp³-hybridized carbons (Fsp3) is 0.0526. The first kappa shape index (κ1) is 36.7. The molecule has 6 N–H and O–H groups in total. The minimum atomic E-state index is -4.29. The molecule has 0 aromatic heterocycles. The van der Waals surface area contributed by atoms with Crippen LogP contribution in [0.3, 0.4) is 0 Å². The summed E-state index contributed by atoms with van der Waals surface area (Å²) in [7, 11) is -12.2. The Morgan fingerprint density at radius 1 is 0.462 bits per heavy atom. The van der Waals surface area contributed by atoms with Gasteiger partial charge in [-0.2, -0.15) is 0 Å². The molecule has 0 aliphatic carbocycles. The molecule has 0 aliphatic rings. The van der Waals surface area contributed by atoms with Gasteiger partial charge in [-0.05, 0) is 0 Å². The van der Waals surface area contributed by atoms with E-state index >= 15 is 0 Å². The van der Waals surface area contributed by atoms with Crippen molar-refractivity contribution in [2.45, 2.75) is 0 Å². The van der Waals surface area contributed by atoms with Crippen molar-refractivity contribution in [3.63, 3.8) is 0 Å². The van der Waals surface area contributed by atoms with E-state index in [1.165, 1.54) is 18.2 Å². The first-order valence-electron chi connectivity index (χ1n) is 16.1. The Kier molecular flexibility index (Phi) is 11.0. The Morgan fingerprint density at radius 3 is 1.17 bits per heavy atom. The number of hydrogen-bond donors (Lipinski definition) is 5. The topological polar surface area (TPSA) is 146 Å². The zero-order chi connectivity index (χ0) is 36.5. The Hall–Kier alpha value is -5.11. The van der Waals surface area contributed by atoms with Gasteiger partial charge in [0.1, 0.15) is 0 Å². The van der Waals surface area contributed by atoms with E-state index in [1.807, 2.05) is 54.6 Å². The molecule has 0 aliphatic heterocycles. The van der Waals surface area contributed by atoms with Crippen molar-refractivity contribution in [2.24, 2.45) is 5.50 Å². The summed E-state index contributed by atoms with van der Waals surface area (Å²) in [5.41, 5.74) is 7.20. The summed E-state index contributed by atoms with van der Waals surface area (Å²) in [5, 5.41) is 21.1. The molecule has 6 rings (SSSR count). The number of nitrogens with one attached hydrogen (secondary N) is 2. The number of rotatable bonds is 16. The van der Waals surface area contributed by atoms with Gasteiger partial charge < -0.3 is 0 Å². The van der Waals surface area contributed by atoms with E-state index in [-0.39, 0.29) is 17.2 Å². The van der Waals surface area contributed by atoms with Crippen LogP contribution >= 0.6 is 23.2 Å². The number of para-hydroxylation sites is 5. The van der Waals surface area contributed by atoms with Crippen LogP contribution in [0.1, 0.15) is 0 Å². The van der Waals surface area contributed by atoms with E-state index in [2.05, 4.69) is 9.72 Å². The average molecular weight is 760 g/mol. The second-order valence-electron chi connectivity index (χ2n) is 12.0. The molecule has 52 heavy (non-hydrogen) atoms. The van der Waals surface area contributed by atoms with Gasteiger partial charge in [-0.3, -0.25) is 0 Å². The van der Waals surface area contributed by atoms with Crippen LogP contribution in [0.5, 0.6) is 46.0 Å². The first-order valence-corrected chi connectivity index (χ1v) is 22.4. The molecule has 0 bridgehead atoms. The fourth-order valence-electron chi connectivity index (χ4n) is 5.05. The van der Waals surface area contributed by atoms with Gasteiger partial charge in [0.25, 0.3) is 0 Å². The molecule has 0 fully saturated rings. The summed E-state index contributed by atoms with van der Waals surface area (Å²) in [6, 6.07) is 49.0. The van der Waals surface area contributed by atoms with Crippen molar-refractivity contribution in [1.82, 2.24) is 9.72 Å². The van der Waals surface area contributed by atoms with Crippen LogP contribution < -0.4 is 42.4 Å². The number of nitrogens with two attached hydrogens (primary N) is 1. The zero-order valence-electron chi connectivity index (χ0n) is 28.4. The van der Waals surface area contributed by atoms with Crippen LogP contribution in [-0.2, 0) is 0 Å². The Morgan fingerprint density at radius 2 is 0.788 bits per heavy atom. The second kappa shape index (κ2) is 15.6. The van der Waals surface area contributed by atoms with Crippen LogP contribution in [0.4, 0.5) is 0 Å². The monoisotopic (exact) mass is 759 g/mol. The number of phenols is 2. The number of hydrogen-bond acceptors (Lipinski definition) is 11. The average Bonchev–Trinajstić information content (AvgIpc) is 3.09. The van der Waals surface area contributed by atoms with Gasteiger partial charge in [0.2, 0.25) is 0 Å². The van der Waals surface area contributed by atoms with E-state index in [0.717, 1.165) is 0 Å². The molecule has 1 atom stereocenters. The molecule has 0 radical (unpaired) electrons. The molecule has 14 heteroatoms. The van der Waals surface area contributed by atoms with E-state index in [9.17, 15) is 10.2 Å². The molecule has 268 valence electrons. The van der Waals surface area contributed by atoms with Crippen molar-refractivity contribution < 1.29 is 37.4 Å². The van der Waals surface area contributed by atoms with Gasteiger partial charge in [-0.1, -0.05) is 0 Å². The number of phenolic OH excluding ortho intramolecular Hbond substituents is 2. The van der Waals surface area contributed by atoms with Gasteiger partial charge in [0.15, 0.2) is 0 Å². The van der Waals surface area contributed by atoms with Crippen molar-refractivity contribution in [3.8, 4) is 46.0 Å². The molecular weight excluding hydrogens is 719 g/mol. The summed E-state index contributed by atoms with van der Waals surface area (Å²) in [5.74, 6) is 1.67. The van der Waals surface area contributed by atoms with Crippen LogP contribution in [0.25, 0.3) is 0 Å². The summed E-state index contributed by atoms with van der Waals surface area (Å²) in [6.07, 6.45) is 0. The molecule has 6 aromatic rings. The maximum absolute atomic E-state index is 10.6. The van der Waals surface area contributed by atoms with Crippen molar-refractivity contribution in [2.75, 3.05) is 13.3 Å². The van der Waals surface area contributed by atoms with Gasteiger partial charge in [-0.15, -0.1) is 0 Å². The molecule has 0 spiro atoms. The van der Waals surface area contributed by atoms with Crippen LogP contribution in [-0.4, -0.2) is 23.5 Å². The van der Waals surface area contributed by atoms with Crippen LogP contribution in [0.2, 0.25) is 0 Å². The summed E-state index contributed by atoms with van der Waals surface area (Å²) in [6.45, 7) is 3.60. The van der Waals surface area contributed by atoms with Crippen molar-refractivity contribution >= 4 is 23.2 Å². The first-order chi connectivity index (χ1) is 25.0. The quantitative estimate of drug-likeness (QED) is 0.0601. The predicted octanol–water partition coefficient (Wildman–Crippen LogP) is 9.92. The van der Waals surface area contributed by atoms with Crippen molar-refractivity contribution in [3.05, 3.63) is 170 Å². The van der Waals surface area contributed by atoms with Crippen molar-refractivity contribution in [1.29, 1.82) is 0 Å². The number of benzene rings is 6. The summed E-state index contributed by atoms with van der Waals surface area (Å²) < 4.78 is 40.3. The van der Waals surface area contributed by atoms with Gasteiger partial charge in [0.05, 0.1) is 0 Å². The van der Waals surface area contributed by atoms with Gasteiger partial charge >= 0.3 is 305 Å². The van der Waals surface area contributed by atoms with Crippen LogP contribution in [0.15, 0.2) is 170 Å². The molecule has 0 saturated carbocycles. The fourth-order valence-corrected chi connectivity index (χ4v) is 14.6. The number of aromatic hydroxyl groups is 2. The third kappa shape index (κ3) is 10.2. The zero-order valence-corrected chi connectivity index (χ0v) is 31.1. The van der Waals surface area contributed by atoms with E-state index in [4.69, 9.17) is 32.6 Å². The predicted molar refractivity (Wildman–Crippen MR) is 209 cm³/mol.